The molecule has 110 valence electrons. The predicted octanol–water partition coefficient (Wildman–Crippen LogP) is 4.10. The summed E-state index contributed by atoms with van der Waals surface area (Å²) in [5.74, 6) is 0.877. The van der Waals surface area contributed by atoms with Crippen LogP contribution in [0.5, 0.6) is 5.75 Å². The van der Waals surface area contributed by atoms with Gasteiger partial charge in [-0.3, -0.25) is 4.79 Å². The number of aryl methyl sites for hydroxylation is 2. The van der Waals surface area contributed by atoms with Crippen molar-refractivity contribution in [2.45, 2.75) is 26.7 Å². The number of carbonyl (C=O) groups is 1. The van der Waals surface area contributed by atoms with E-state index in [1.165, 1.54) is 5.56 Å². The van der Waals surface area contributed by atoms with Gasteiger partial charge >= 0.3 is 0 Å². The summed E-state index contributed by atoms with van der Waals surface area (Å²) in [5.41, 5.74) is 3.15. The highest BCUT2D eigenvalue weighted by atomic mass is 16.5. The Morgan fingerprint density at radius 3 is 2.48 bits per heavy atom. The quantitative estimate of drug-likeness (QED) is 0.810. The Morgan fingerprint density at radius 1 is 1.05 bits per heavy atom. The molecule has 0 saturated carbocycles. The zero-order valence-electron chi connectivity index (χ0n) is 12.6. The van der Waals surface area contributed by atoms with E-state index in [0.717, 1.165) is 17.0 Å². The monoisotopic (exact) mass is 283 g/mol. The fraction of sp³-hybridized carbons (Fsp3) is 0.278. The fourth-order valence-corrected chi connectivity index (χ4v) is 2.07. The lowest BCUT2D eigenvalue weighted by atomic mass is 10.2. The second-order valence-corrected chi connectivity index (χ2v) is 5.19. The summed E-state index contributed by atoms with van der Waals surface area (Å²) in [6, 6.07) is 15.7. The third kappa shape index (κ3) is 5.30. The summed E-state index contributed by atoms with van der Waals surface area (Å²) in [5, 5.41) is 2.90. The number of anilines is 1. The molecule has 0 bridgehead atoms. The molecule has 3 heteroatoms. The zero-order valence-corrected chi connectivity index (χ0v) is 12.6. The topological polar surface area (TPSA) is 38.3 Å². The second kappa shape index (κ2) is 7.48. The molecule has 0 heterocycles. The van der Waals surface area contributed by atoms with Gasteiger partial charge in [-0.15, -0.1) is 0 Å². The van der Waals surface area contributed by atoms with Crippen LogP contribution in [0.3, 0.4) is 0 Å². The Balaban J connectivity index is 1.70. The van der Waals surface area contributed by atoms with Crippen molar-refractivity contribution in [2.24, 2.45) is 0 Å². The van der Waals surface area contributed by atoms with Crippen LogP contribution in [0.15, 0.2) is 48.5 Å². The molecule has 0 unspecified atom stereocenters. The highest BCUT2D eigenvalue weighted by molar-refractivity contribution is 5.90. The number of amides is 1. The van der Waals surface area contributed by atoms with Crippen molar-refractivity contribution in [2.75, 3.05) is 11.9 Å². The molecular weight excluding hydrogens is 262 g/mol. The van der Waals surface area contributed by atoms with Crippen molar-refractivity contribution in [1.29, 1.82) is 0 Å². The number of hydrogen-bond acceptors (Lipinski definition) is 2. The highest BCUT2D eigenvalue weighted by Gasteiger charge is 2.03. The lowest BCUT2D eigenvalue weighted by Gasteiger charge is -2.08. The first-order valence-corrected chi connectivity index (χ1v) is 7.19. The lowest BCUT2D eigenvalue weighted by Crippen LogP contribution is -2.12. The van der Waals surface area contributed by atoms with Crippen LogP contribution >= 0.6 is 0 Å². The molecule has 3 nitrogen and oxygen atoms in total. The molecule has 1 N–H and O–H groups in total. The normalized spacial score (nSPS) is 10.2. The SMILES string of the molecule is Cc1cccc(NC(=O)CCCOc2cccc(C)c2)c1. The molecule has 1 amide bonds. The fourth-order valence-electron chi connectivity index (χ4n) is 2.07. The van der Waals surface area contributed by atoms with Gasteiger partial charge in [-0.1, -0.05) is 24.3 Å². The van der Waals surface area contributed by atoms with E-state index in [9.17, 15) is 4.79 Å². The largest absolute Gasteiger partial charge is 0.494 e. The van der Waals surface area contributed by atoms with Gasteiger partial charge in [0.15, 0.2) is 0 Å². The van der Waals surface area contributed by atoms with E-state index < -0.39 is 0 Å². The third-order valence-corrected chi connectivity index (χ3v) is 3.11. The van der Waals surface area contributed by atoms with Crippen LogP contribution in [0.25, 0.3) is 0 Å². The standard InChI is InChI=1S/C18H21NO2/c1-14-6-3-8-16(12-14)19-18(20)10-5-11-21-17-9-4-7-15(2)13-17/h3-4,6-9,12-13H,5,10-11H2,1-2H3,(H,19,20). The van der Waals surface area contributed by atoms with Crippen LogP contribution in [0.2, 0.25) is 0 Å². The van der Waals surface area contributed by atoms with Crippen molar-refractivity contribution in [3.8, 4) is 5.75 Å². The van der Waals surface area contributed by atoms with Gasteiger partial charge in [-0.05, 0) is 55.7 Å². The van der Waals surface area contributed by atoms with Crippen molar-refractivity contribution >= 4 is 11.6 Å². The smallest absolute Gasteiger partial charge is 0.224 e. The number of ether oxygens (including phenoxy) is 1. The first-order valence-electron chi connectivity index (χ1n) is 7.19. The molecule has 0 aliphatic heterocycles. The van der Waals surface area contributed by atoms with Crippen LogP contribution in [0.4, 0.5) is 5.69 Å². The minimum Gasteiger partial charge on any atom is -0.494 e. The van der Waals surface area contributed by atoms with Gasteiger partial charge in [0.2, 0.25) is 5.91 Å². The summed E-state index contributed by atoms with van der Waals surface area (Å²) < 4.78 is 5.63. The van der Waals surface area contributed by atoms with E-state index in [0.29, 0.717) is 19.4 Å². The van der Waals surface area contributed by atoms with E-state index in [-0.39, 0.29) is 5.91 Å². The molecule has 0 aromatic heterocycles. The highest BCUT2D eigenvalue weighted by Crippen LogP contribution is 2.13. The predicted molar refractivity (Wildman–Crippen MR) is 85.7 cm³/mol. The first-order chi connectivity index (χ1) is 10.1. The second-order valence-electron chi connectivity index (χ2n) is 5.19. The van der Waals surface area contributed by atoms with Crippen LogP contribution < -0.4 is 10.1 Å². The Hall–Kier alpha value is -2.29. The van der Waals surface area contributed by atoms with E-state index in [1.54, 1.807) is 0 Å². The van der Waals surface area contributed by atoms with E-state index >= 15 is 0 Å². The zero-order chi connectivity index (χ0) is 15.1. The van der Waals surface area contributed by atoms with E-state index in [4.69, 9.17) is 4.74 Å². The molecule has 0 spiro atoms. The van der Waals surface area contributed by atoms with Crippen molar-refractivity contribution in [1.82, 2.24) is 0 Å². The summed E-state index contributed by atoms with van der Waals surface area (Å²) in [6.45, 7) is 4.58. The molecule has 0 fully saturated rings. The maximum atomic E-state index is 11.8. The van der Waals surface area contributed by atoms with Crippen LogP contribution in [-0.4, -0.2) is 12.5 Å². The first kappa shape index (κ1) is 15.1. The number of hydrogen-bond donors (Lipinski definition) is 1. The summed E-state index contributed by atoms with van der Waals surface area (Å²) >= 11 is 0. The third-order valence-electron chi connectivity index (χ3n) is 3.11. The number of rotatable bonds is 6. The van der Waals surface area contributed by atoms with E-state index in [1.807, 2.05) is 62.4 Å². The maximum absolute atomic E-state index is 11.8. The summed E-state index contributed by atoms with van der Waals surface area (Å²) in [4.78, 5) is 11.8. The minimum absolute atomic E-state index is 0.0217. The molecule has 2 rings (SSSR count). The number of carbonyl (C=O) groups excluding carboxylic acids is 1. The van der Waals surface area contributed by atoms with Gasteiger partial charge in [-0.2, -0.15) is 0 Å². The average molecular weight is 283 g/mol. The Kier molecular flexibility index (Phi) is 5.38. The van der Waals surface area contributed by atoms with Crippen LogP contribution in [-0.2, 0) is 4.79 Å². The van der Waals surface area contributed by atoms with Crippen LogP contribution in [0, 0.1) is 13.8 Å². The molecule has 0 radical (unpaired) electrons. The van der Waals surface area contributed by atoms with E-state index in [2.05, 4.69) is 5.32 Å². The van der Waals surface area contributed by atoms with Gasteiger partial charge in [0, 0.05) is 12.1 Å². The Labute approximate surface area is 126 Å². The van der Waals surface area contributed by atoms with Crippen molar-refractivity contribution < 1.29 is 9.53 Å². The Bertz CT molecular complexity index is 608. The number of benzene rings is 2. The average Bonchev–Trinajstić information content (AvgIpc) is 2.44. The van der Waals surface area contributed by atoms with Gasteiger partial charge in [0.05, 0.1) is 6.61 Å². The molecule has 0 saturated heterocycles. The minimum atomic E-state index is 0.0217. The molecule has 0 aliphatic rings. The van der Waals surface area contributed by atoms with Gasteiger partial charge in [0.25, 0.3) is 0 Å². The molecule has 2 aromatic rings. The molecule has 0 aliphatic carbocycles. The molecule has 2 aromatic carbocycles. The van der Waals surface area contributed by atoms with Gasteiger partial charge in [-0.25, -0.2) is 0 Å². The van der Waals surface area contributed by atoms with Crippen LogP contribution in [0.1, 0.15) is 24.0 Å². The number of nitrogens with one attached hydrogen (secondary N) is 1. The van der Waals surface area contributed by atoms with Crippen molar-refractivity contribution in [3.63, 3.8) is 0 Å². The van der Waals surface area contributed by atoms with Crippen molar-refractivity contribution in [3.05, 3.63) is 59.7 Å². The lowest BCUT2D eigenvalue weighted by molar-refractivity contribution is -0.116. The maximum Gasteiger partial charge on any atom is 0.224 e. The Morgan fingerprint density at radius 2 is 1.76 bits per heavy atom. The molecule has 0 atom stereocenters. The van der Waals surface area contributed by atoms with Gasteiger partial charge in [0.1, 0.15) is 5.75 Å². The molecule has 21 heavy (non-hydrogen) atoms. The summed E-state index contributed by atoms with van der Waals surface area (Å²) in [7, 11) is 0. The van der Waals surface area contributed by atoms with Gasteiger partial charge < -0.3 is 10.1 Å². The molecular formula is C18H21NO2. The summed E-state index contributed by atoms with van der Waals surface area (Å²) in [6.07, 6.45) is 1.16.